The molecule has 0 aromatic carbocycles. The van der Waals surface area contributed by atoms with Crippen LogP contribution in [0.2, 0.25) is 0 Å². The zero-order valence-electron chi connectivity index (χ0n) is 10.1. The molecule has 2 aromatic rings. The lowest BCUT2D eigenvalue weighted by atomic mass is 10.1. The maximum Gasteiger partial charge on any atom is 0.257 e. The second kappa shape index (κ2) is 5.17. The molecule has 1 atom stereocenters. The summed E-state index contributed by atoms with van der Waals surface area (Å²) in [7, 11) is 0. The molecule has 96 valence electrons. The minimum atomic E-state index is 0.276. The summed E-state index contributed by atoms with van der Waals surface area (Å²) in [5.74, 6) is 1.29. The molecular weight excluding hydrogens is 248 g/mol. The van der Waals surface area contributed by atoms with E-state index in [1.807, 2.05) is 17.5 Å². The Bertz CT molecular complexity index is 496. The first-order valence-corrected chi connectivity index (χ1v) is 7.03. The van der Waals surface area contributed by atoms with Crippen molar-refractivity contribution in [2.24, 2.45) is 5.73 Å². The van der Waals surface area contributed by atoms with Gasteiger partial charge in [0.2, 0.25) is 5.89 Å². The Balaban J connectivity index is 1.66. The van der Waals surface area contributed by atoms with E-state index < -0.39 is 0 Å². The minimum absolute atomic E-state index is 0.276. The van der Waals surface area contributed by atoms with Crippen LogP contribution in [0.5, 0.6) is 0 Å². The van der Waals surface area contributed by atoms with Crippen LogP contribution in [0, 0.1) is 0 Å². The normalized spacial score (nSPS) is 21.3. The zero-order valence-corrected chi connectivity index (χ0v) is 10.9. The number of aromatic nitrogens is 2. The summed E-state index contributed by atoms with van der Waals surface area (Å²) in [4.78, 5) is 3.30. The van der Waals surface area contributed by atoms with E-state index in [1.54, 1.807) is 11.3 Å². The number of nitrogens with two attached hydrogens (primary N) is 1. The summed E-state index contributed by atoms with van der Waals surface area (Å²) in [6, 6.07) is 4.24. The van der Waals surface area contributed by atoms with E-state index in [0.717, 1.165) is 30.8 Å². The van der Waals surface area contributed by atoms with Gasteiger partial charge < -0.3 is 10.2 Å². The standard InChI is InChI=1S/C12H16N4OS/c13-9-3-1-5-16(7-9)8-11-14-15-12(17-11)10-4-2-6-18-10/h2,4,6,9H,1,3,5,7-8,13H2/t9-/m1/s1. The topological polar surface area (TPSA) is 68.2 Å². The highest BCUT2D eigenvalue weighted by Crippen LogP contribution is 2.23. The second-order valence-corrected chi connectivity index (χ2v) is 5.56. The molecule has 0 radical (unpaired) electrons. The number of thiophene rings is 1. The predicted molar refractivity (Wildman–Crippen MR) is 70.1 cm³/mol. The van der Waals surface area contributed by atoms with Gasteiger partial charge in [-0.05, 0) is 30.8 Å². The molecule has 3 rings (SSSR count). The number of hydrogen-bond acceptors (Lipinski definition) is 6. The van der Waals surface area contributed by atoms with Gasteiger partial charge in [-0.2, -0.15) is 0 Å². The van der Waals surface area contributed by atoms with Gasteiger partial charge in [0.15, 0.2) is 0 Å². The smallest absolute Gasteiger partial charge is 0.257 e. The van der Waals surface area contributed by atoms with Gasteiger partial charge in [0.25, 0.3) is 5.89 Å². The van der Waals surface area contributed by atoms with Crippen molar-refractivity contribution in [2.75, 3.05) is 13.1 Å². The maximum absolute atomic E-state index is 5.95. The van der Waals surface area contributed by atoms with Gasteiger partial charge in [0, 0.05) is 12.6 Å². The highest BCUT2D eigenvalue weighted by Gasteiger charge is 2.19. The van der Waals surface area contributed by atoms with Crippen LogP contribution >= 0.6 is 11.3 Å². The molecule has 18 heavy (non-hydrogen) atoms. The van der Waals surface area contributed by atoms with Crippen LogP contribution in [0.25, 0.3) is 10.8 Å². The summed E-state index contributed by atoms with van der Waals surface area (Å²) >= 11 is 1.61. The highest BCUT2D eigenvalue weighted by molar-refractivity contribution is 7.13. The number of rotatable bonds is 3. The molecule has 1 aliphatic heterocycles. The molecule has 0 saturated carbocycles. The van der Waals surface area contributed by atoms with E-state index >= 15 is 0 Å². The molecule has 1 saturated heterocycles. The van der Waals surface area contributed by atoms with Crippen molar-refractivity contribution in [3.8, 4) is 10.8 Å². The average molecular weight is 264 g/mol. The van der Waals surface area contributed by atoms with Crippen LogP contribution < -0.4 is 5.73 Å². The Morgan fingerprint density at radius 3 is 3.22 bits per heavy atom. The van der Waals surface area contributed by atoms with Crippen molar-refractivity contribution in [3.63, 3.8) is 0 Å². The van der Waals surface area contributed by atoms with Crippen LogP contribution in [0.15, 0.2) is 21.9 Å². The molecule has 0 unspecified atom stereocenters. The third kappa shape index (κ3) is 2.60. The van der Waals surface area contributed by atoms with E-state index in [-0.39, 0.29) is 6.04 Å². The van der Waals surface area contributed by atoms with Gasteiger partial charge in [-0.25, -0.2) is 0 Å². The number of likely N-dealkylation sites (tertiary alicyclic amines) is 1. The Kier molecular flexibility index (Phi) is 3.40. The van der Waals surface area contributed by atoms with Gasteiger partial charge in [-0.1, -0.05) is 6.07 Å². The Hall–Kier alpha value is -1.24. The summed E-state index contributed by atoms with van der Waals surface area (Å²) in [5.41, 5.74) is 5.95. The van der Waals surface area contributed by atoms with Crippen LogP contribution in [-0.4, -0.2) is 34.2 Å². The number of hydrogen-bond donors (Lipinski definition) is 1. The van der Waals surface area contributed by atoms with Crippen molar-refractivity contribution in [1.82, 2.24) is 15.1 Å². The fourth-order valence-electron chi connectivity index (χ4n) is 2.24. The fourth-order valence-corrected chi connectivity index (χ4v) is 2.89. The lowest BCUT2D eigenvalue weighted by Gasteiger charge is -2.29. The third-order valence-electron chi connectivity index (χ3n) is 3.10. The molecular formula is C12H16N4OS. The van der Waals surface area contributed by atoms with Crippen molar-refractivity contribution in [3.05, 3.63) is 23.4 Å². The van der Waals surface area contributed by atoms with Crippen molar-refractivity contribution < 1.29 is 4.42 Å². The Morgan fingerprint density at radius 2 is 2.44 bits per heavy atom. The highest BCUT2D eigenvalue weighted by atomic mass is 32.1. The van der Waals surface area contributed by atoms with Gasteiger partial charge in [-0.3, -0.25) is 4.90 Å². The molecule has 0 spiro atoms. The van der Waals surface area contributed by atoms with Crippen LogP contribution in [0.4, 0.5) is 0 Å². The zero-order chi connectivity index (χ0) is 12.4. The van der Waals surface area contributed by atoms with Crippen molar-refractivity contribution in [2.45, 2.75) is 25.4 Å². The van der Waals surface area contributed by atoms with Crippen molar-refractivity contribution in [1.29, 1.82) is 0 Å². The molecule has 0 aliphatic carbocycles. The minimum Gasteiger partial charge on any atom is -0.419 e. The fraction of sp³-hybridized carbons (Fsp3) is 0.500. The lowest BCUT2D eigenvalue weighted by Crippen LogP contribution is -2.42. The number of piperidine rings is 1. The van der Waals surface area contributed by atoms with Crippen LogP contribution in [-0.2, 0) is 6.54 Å². The first-order valence-electron chi connectivity index (χ1n) is 6.15. The molecule has 1 fully saturated rings. The predicted octanol–water partition coefficient (Wildman–Crippen LogP) is 1.72. The van der Waals surface area contributed by atoms with Crippen LogP contribution in [0.1, 0.15) is 18.7 Å². The molecule has 1 aliphatic rings. The first kappa shape index (κ1) is 11.8. The van der Waals surface area contributed by atoms with Gasteiger partial charge in [0.1, 0.15) is 0 Å². The summed E-state index contributed by atoms with van der Waals surface area (Å²) in [5, 5.41) is 10.2. The average Bonchev–Trinajstić information content (AvgIpc) is 2.98. The molecule has 6 heteroatoms. The monoisotopic (exact) mass is 264 g/mol. The molecule has 0 bridgehead atoms. The van der Waals surface area contributed by atoms with E-state index in [1.165, 1.54) is 0 Å². The second-order valence-electron chi connectivity index (χ2n) is 4.62. The Morgan fingerprint density at radius 1 is 1.50 bits per heavy atom. The molecule has 3 heterocycles. The maximum atomic E-state index is 5.95. The van der Waals surface area contributed by atoms with Gasteiger partial charge in [0.05, 0.1) is 11.4 Å². The molecule has 5 nitrogen and oxygen atoms in total. The summed E-state index contributed by atoms with van der Waals surface area (Å²) in [6.45, 7) is 2.67. The summed E-state index contributed by atoms with van der Waals surface area (Å²) in [6.07, 6.45) is 2.26. The quantitative estimate of drug-likeness (QED) is 0.914. The molecule has 2 aromatic heterocycles. The van der Waals surface area contributed by atoms with E-state index in [4.69, 9.17) is 10.2 Å². The number of nitrogens with zero attached hydrogens (tertiary/aromatic N) is 3. The van der Waals surface area contributed by atoms with Crippen molar-refractivity contribution >= 4 is 11.3 Å². The molecule has 0 amide bonds. The Labute approximate surface area is 110 Å². The van der Waals surface area contributed by atoms with Gasteiger partial charge >= 0.3 is 0 Å². The van der Waals surface area contributed by atoms with E-state index in [0.29, 0.717) is 18.3 Å². The van der Waals surface area contributed by atoms with E-state index in [2.05, 4.69) is 15.1 Å². The summed E-state index contributed by atoms with van der Waals surface area (Å²) < 4.78 is 5.67. The largest absolute Gasteiger partial charge is 0.419 e. The van der Waals surface area contributed by atoms with Gasteiger partial charge in [-0.15, -0.1) is 21.5 Å². The van der Waals surface area contributed by atoms with E-state index in [9.17, 15) is 0 Å². The third-order valence-corrected chi connectivity index (χ3v) is 3.96. The first-order chi connectivity index (χ1) is 8.81. The lowest BCUT2D eigenvalue weighted by molar-refractivity contribution is 0.185. The molecule has 2 N–H and O–H groups in total. The van der Waals surface area contributed by atoms with Crippen LogP contribution in [0.3, 0.4) is 0 Å². The SMILES string of the molecule is N[C@@H]1CCCN(Cc2nnc(-c3cccs3)o2)C1.